The molecule has 1 N–H and O–H groups in total. The highest BCUT2D eigenvalue weighted by Crippen LogP contribution is 2.19. The molecule has 2 aromatic carbocycles. The minimum atomic E-state index is -0.329. The zero-order valence-corrected chi connectivity index (χ0v) is 13.0. The van der Waals surface area contributed by atoms with Crippen molar-refractivity contribution in [2.45, 2.75) is 25.6 Å². The molecule has 1 aliphatic heterocycles. The van der Waals surface area contributed by atoms with Crippen molar-refractivity contribution < 1.29 is 14.3 Å². The second-order valence-electron chi connectivity index (χ2n) is 5.66. The van der Waals surface area contributed by atoms with E-state index in [0.717, 1.165) is 37.2 Å². The first kappa shape index (κ1) is 15.6. The van der Waals surface area contributed by atoms with Gasteiger partial charge in [-0.05, 0) is 49.7 Å². The van der Waals surface area contributed by atoms with Crippen LogP contribution in [0.1, 0.15) is 28.8 Å². The molecule has 23 heavy (non-hydrogen) atoms. The second-order valence-corrected chi connectivity index (χ2v) is 5.66. The van der Waals surface area contributed by atoms with Gasteiger partial charge in [-0.25, -0.2) is 4.79 Å². The molecule has 0 radical (unpaired) electrons. The maximum atomic E-state index is 12.2. The Labute approximate surface area is 136 Å². The van der Waals surface area contributed by atoms with E-state index in [0.29, 0.717) is 5.56 Å². The molecular formula is C19H21NO3. The van der Waals surface area contributed by atoms with Gasteiger partial charge in [0, 0.05) is 0 Å². The number of nitrogens with one attached hydrogen (secondary N) is 1. The summed E-state index contributed by atoms with van der Waals surface area (Å²) in [5.74, 6) is 0.399. The van der Waals surface area contributed by atoms with Crippen molar-refractivity contribution in [2.75, 3.05) is 13.1 Å². The van der Waals surface area contributed by atoms with Crippen LogP contribution in [0.3, 0.4) is 0 Å². The zero-order chi connectivity index (χ0) is 15.9. The summed E-state index contributed by atoms with van der Waals surface area (Å²) in [6.07, 6.45) is 2.19. The highest BCUT2D eigenvalue weighted by Gasteiger charge is 2.15. The van der Waals surface area contributed by atoms with E-state index in [1.165, 1.54) is 0 Å². The molecule has 4 heteroatoms. The summed E-state index contributed by atoms with van der Waals surface area (Å²) in [7, 11) is 0. The molecule has 1 fully saturated rings. The highest BCUT2D eigenvalue weighted by molar-refractivity contribution is 5.89. The van der Waals surface area contributed by atoms with Gasteiger partial charge in [0.1, 0.15) is 18.5 Å². The first-order chi connectivity index (χ1) is 11.3. The van der Waals surface area contributed by atoms with Crippen molar-refractivity contribution >= 4 is 5.97 Å². The van der Waals surface area contributed by atoms with E-state index in [2.05, 4.69) is 5.32 Å². The quantitative estimate of drug-likeness (QED) is 0.862. The Kier molecular flexibility index (Phi) is 5.27. The van der Waals surface area contributed by atoms with Crippen molar-refractivity contribution in [3.63, 3.8) is 0 Å². The van der Waals surface area contributed by atoms with Gasteiger partial charge in [0.05, 0.1) is 5.56 Å². The van der Waals surface area contributed by atoms with E-state index >= 15 is 0 Å². The van der Waals surface area contributed by atoms with Gasteiger partial charge < -0.3 is 14.8 Å². The Hall–Kier alpha value is -2.33. The minimum absolute atomic E-state index is 0.215. The Bertz CT molecular complexity index is 636. The molecule has 4 nitrogen and oxygen atoms in total. The van der Waals surface area contributed by atoms with Crippen LogP contribution < -0.4 is 10.1 Å². The lowest BCUT2D eigenvalue weighted by Gasteiger charge is -2.23. The lowest BCUT2D eigenvalue weighted by molar-refractivity contribution is 0.0471. The monoisotopic (exact) mass is 311 g/mol. The minimum Gasteiger partial charge on any atom is -0.490 e. The summed E-state index contributed by atoms with van der Waals surface area (Å²) < 4.78 is 11.3. The highest BCUT2D eigenvalue weighted by atomic mass is 16.5. The number of esters is 1. The van der Waals surface area contributed by atoms with Crippen molar-refractivity contribution in [3.05, 3.63) is 65.7 Å². The third kappa shape index (κ3) is 4.57. The van der Waals surface area contributed by atoms with E-state index in [-0.39, 0.29) is 18.7 Å². The molecule has 0 aliphatic carbocycles. The molecule has 0 atom stereocenters. The molecule has 0 unspecified atom stereocenters. The largest absolute Gasteiger partial charge is 0.490 e. The van der Waals surface area contributed by atoms with Crippen molar-refractivity contribution in [2.24, 2.45) is 0 Å². The van der Waals surface area contributed by atoms with Gasteiger partial charge in [0.2, 0.25) is 0 Å². The average Bonchev–Trinajstić information content (AvgIpc) is 2.62. The van der Waals surface area contributed by atoms with Gasteiger partial charge in [-0.15, -0.1) is 0 Å². The summed E-state index contributed by atoms with van der Waals surface area (Å²) >= 11 is 0. The van der Waals surface area contributed by atoms with Gasteiger partial charge in [-0.1, -0.05) is 36.4 Å². The smallest absolute Gasteiger partial charge is 0.338 e. The van der Waals surface area contributed by atoms with Crippen LogP contribution in [0.25, 0.3) is 0 Å². The van der Waals surface area contributed by atoms with Crippen LogP contribution in [0.5, 0.6) is 5.75 Å². The SMILES string of the molecule is O=C(OCc1ccccc1)c1cccc(OC2CCNCC2)c1. The van der Waals surface area contributed by atoms with Crippen LogP contribution in [0, 0.1) is 0 Å². The first-order valence-corrected chi connectivity index (χ1v) is 8.00. The number of benzene rings is 2. The van der Waals surface area contributed by atoms with Crippen LogP contribution in [0.4, 0.5) is 0 Å². The third-order valence-electron chi connectivity index (χ3n) is 3.87. The molecule has 0 bridgehead atoms. The van der Waals surface area contributed by atoms with E-state index in [9.17, 15) is 4.79 Å². The lowest BCUT2D eigenvalue weighted by atomic mass is 10.1. The number of carbonyl (C=O) groups is 1. The Balaban J connectivity index is 1.58. The topological polar surface area (TPSA) is 47.6 Å². The average molecular weight is 311 g/mol. The van der Waals surface area contributed by atoms with Crippen LogP contribution >= 0.6 is 0 Å². The van der Waals surface area contributed by atoms with Crippen LogP contribution in [-0.2, 0) is 11.3 Å². The molecule has 0 spiro atoms. The fraction of sp³-hybridized carbons (Fsp3) is 0.316. The van der Waals surface area contributed by atoms with Crippen molar-refractivity contribution in [1.82, 2.24) is 5.32 Å². The van der Waals surface area contributed by atoms with Crippen molar-refractivity contribution in [3.8, 4) is 5.75 Å². The summed E-state index contributed by atoms with van der Waals surface area (Å²) in [5.41, 5.74) is 1.50. The van der Waals surface area contributed by atoms with Gasteiger partial charge in [0.25, 0.3) is 0 Å². The van der Waals surface area contributed by atoms with E-state index in [1.54, 1.807) is 12.1 Å². The molecule has 3 rings (SSSR count). The summed E-state index contributed by atoms with van der Waals surface area (Å²) in [6.45, 7) is 2.23. The second kappa shape index (κ2) is 7.79. The normalized spacial score (nSPS) is 15.1. The number of piperidine rings is 1. The third-order valence-corrected chi connectivity index (χ3v) is 3.87. The Morgan fingerprint density at radius 3 is 2.61 bits per heavy atom. The zero-order valence-electron chi connectivity index (χ0n) is 13.0. The van der Waals surface area contributed by atoms with E-state index in [1.807, 2.05) is 42.5 Å². The van der Waals surface area contributed by atoms with Crippen molar-refractivity contribution in [1.29, 1.82) is 0 Å². The Morgan fingerprint density at radius 2 is 1.83 bits per heavy atom. The molecule has 0 aromatic heterocycles. The van der Waals surface area contributed by atoms with Gasteiger partial charge in [-0.2, -0.15) is 0 Å². The molecule has 1 aliphatic rings. The van der Waals surface area contributed by atoms with Crippen LogP contribution in [0.15, 0.2) is 54.6 Å². The lowest BCUT2D eigenvalue weighted by Crippen LogP contribution is -2.34. The van der Waals surface area contributed by atoms with Gasteiger partial charge in [-0.3, -0.25) is 0 Å². The van der Waals surface area contributed by atoms with Crippen LogP contribution in [0.2, 0.25) is 0 Å². The number of carbonyl (C=O) groups excluding carboxylic acids is 1. The molecule has 120 valence electrons. The summed E-state index contributed by atoms with van der Waals surface area (Å²) in [6, 6.07) is 16.9. The number of ether oxygens (including phenoxy) is 2. The standard InChI is InChI=1S/C19H21NO3/c21-19(22-14-15-5-2-1-3-6-15)16-7-4-8-18(13-16)23-17-9-11-20-12-10-17/h1-8,13,17,20H,9-12,14H2. The molecule has 2 aromatic rings. The van der Waals surface area contributed by atoms with Gasteiger partial charge >= 0.3 is 5.97 Å². The summed E-state index contributed by atoms with van der Waals surface area (Å²) in [4.78, 5) is 12.2. The van der Waals surface area contributed by atoms with Crippen LogP contribution in [-0.4, -0.2) is 25.2 Å². The molecular weight excluding hydrogens is 290 g/mol. The molecule has 0 amide bonds. The molecule has 1 heterocycles. The fourth-order valence-corrected chi connectivity index (χ4v) is 2.61. The Morgan fingerprint density at radius 1 is 1.04 bits per heavy atom. The number of hydrogen-bond donors (Lipinski definition) is 1. The van der Waals surface area contributed by atoms with E-state index in [4.69, 9.17) is 9.47 Å². The van der Waals surface area contributed by atoms with E-state index < -0.39 is 0 Å². The number of hydrogen-bond acceptors (Lipinski definition) is 4. The summed E-state index contributed by atoms with van der Waals surface area (Å²) in [5, 5.41) is 3.31. The molecule has 0 saturated carbocycles. The predicted octanol–water partition coefficient (Wildman–Crippen LogP) is 3.17. The van der Waals surface area contributed by atoms with Gasteiger partial charge in [0.15, 0.2) is 0 Å². The molecule has 1 saturated heterocycles. The maximum absolute atomic E-state index is 12.2. The maximum Gasteiger partial charge on any atom is 0.338 e. The fourth-order valence-electron chi connectivity index (χ4n) is 2.61. The number of rotatable bonds is 5. The first-order valence-electron chi connectivity index (χ1n) is 8.00. The predicted molar refractivity (Wildman–Crippen MR) is 88.5 cm³/mol.